The van der Waals surface area contributed by atoms with Gasteiger partial charge in [0, 0.05) is 49.0 Å². The van der Waals surface area contributed by atoms with Gasteiger partial charge in [-0.25, -0.2) is 0 Å². The quantitative estimate of drug-likeness (QED) is 0.369. The average Bonchev–Trinajstić information content (AvgIpc) is 2.98. The molecule has 0 radical (unpaired) electrons. The van der Waals surface area contributed by atoms with Crippen LogP contribution in [0.25, 0.3) is 5.57 Å². The zero-order valence-corrected chi connectivity index (χ0v) is 21.8. The van der Waals surface area contributed by atoms with E-state index in [-0.39, 0.29) is 11.8 Å². The van der Waals surface area contributed by atoms with E-state index >= 15 is 0 Å². The van der Waals surface area contributed by atoms with Crippen molar-refractivity contribution in [3.05, 3.63) is 95.6 Å². The lowest BCUT2D eigenvalue weighted by atomic mass is 10.0. The number of carbonyl (C=O) groups is 2. The molecule has 0 saturated carbocycles. The Morgan fingerprint density at radius 2 is 1.29 bits per heavy atom. The molecule has 0 aromatic heterocycles. The number of amides is 2. The number of piperazine rings is 1. The Kier molecular flexibility index (Phi) is 8.68. The average molecular weight is 511 g/mol. The standard InChI is InChI=1S/C31H30N2O5/c1-36-27-20-26(21-28(37-2)30(27)38-3)31(35)33-18-16-32(17-19-33)29(34)22-25(24-12-8-5-9-13-24)15-14-23-10-6-4-7-11-23/h4-13,20-22H,16-19H2,1-3H3. The first-order valence-electron chi connectivity index (χ1n) is 12.3. The van der Waals surface area contributed by atoms with Gasteiger partial charge in [0.1, 0.15) is 0 Å². The third-order valence-electron chi connectivity index (χ3n) is 6.26. The molecule has 1 fully saturated rings. The number of allylic oxidation sites excluding steroid dienone is 1. The Morgan fingerprint density at radius 1 is 0.737 bits per heavy atom. The van der Waals surface area contributed by atoms with Crippen LogP contribution in [0, 0.1) is 11.8 Å². The normalized spacial score (nSPS) is 13.3. The Morgan fingerprint density at radius 3 is 1.84 bits per heavy atom. The molecule has 0 spiro atoms. The van der Waals surface area contributed by atoms with Gasteiger partial charge >= 0.3 is 0 Å². The topological polar surface area (TPSA) is 68.3 Å². The van der Waals surface area contributed by atoms with Crippen molar-refractivity contribution >= 4 is 17.4 Å². The van der Waals surface area contributed by atoms with Gasteiger partial charge in [-0.3, -0.25) is 9.59 Å². The molecule has 0 aliphatic carbocycles. The summed E-state index contributed by atoms with van der Waals surface area (Å²) in [7, 11) is 4.54. The van der Waals surface area contributed by atoms with E-state index in [0.29, 0.717) is 54.6 Å². The van der Waals surface area contributed by atoms with Gasteiger partial charge in [-0.2, -0.15) is 0 Å². The zero-order valence-electron chi connectivity index (χ0n) is 21.8. The molecular weight excluding hydrogens is 480 g/mol. The summed E-state index contributed by atoms with van der Waals surface area (Å²) in [6.07, 6.45) is 1.59. The summed E-state index contributed by atoms with van der Waals surface area (Å²) in [6.45, 7) is 1.65. The summed E-state index contributed by atoms with van der Waals surface area (Å²) in [5, 5.41) is 0. The van der Waals surface area contributed by atoms with Gasteiger partial charge < -0.3 is 24.0 Å². The Bertz CT molecular complexity index is 1340. The van der Waals surface area contributed by atoms with Crippen LogP contribution in [0.15, 0.2) is 78.9 Å². The largest absolute Gasteiger partial charge is 0.493 e. The van der Waals surface area contributed by atoms with Crippen molar-refractivity contribution in [3.63, 3.8) is 0 Å². The van der Waals surface area contributed by atoms with E-state index in [2.05, 4.69) is 11.8 Å². The highest BCUT2D eigenvalue weighted by Gasteiger charge is 2.26. The van der Waals surface area contributed by atoms with E-state index in [4.69, 9.17) is 14.2 Å². The van der Waals surface area contributed by atoms with Crippen LogP contribution in [0.4, 0.5) is 0 Å². The molecular formula is C31H30N2O5. The van der Waals surface area contributed by atoms with Gasteiger partial charge in [-0.05, 0) is 29.8 Å². The van der Waals surface area contributed by atoms with Crippen LogP contribution in [0.2, 0.25) is 0 Å². The second kappa shape index (κ2) is 12.5. The van der Waals surface area contributed by atoms with Crippen molar-refractivity contribution in [2.75, 3.05) is 47.5 Å². The lowest BCUT2D eigenvalue weighted by Gasteiger charge is -2.34. The molecule has 7 nitrogen and oxygen atoms in total. The van der Waals surface area contributed by atoms with Gasteiger partial charge in [-0.1, -0.05) is 60.4 Å². The van der Waals surface area contributed by atoms with Crippen LogP contribution in [-0.2, 0) is 4.79 Å². The first-order chi connectivity index (χ1) is 18.5. The summed E-state index contributed by atoms with van der Waals surface area (Å²) >= 11 is 0. The van der Waals surface area contributed by atoms with E-state index in [1.807, 2.05) is 60.7 Å². The van der Waals surface area contributed by atoms with Gasteiger partial charge in [0.05, 0.1) is 21.3 Å². The van der Waals surface area contributed by atoms with Crippen molar-refractivity contribution in [1.82, 2.24) is 9.80 Å². The molecule has 38 heavy (non-hydrogen) atoms. The molecule has 3 aromatic carbocycles. The fourth-order valence-electron chi connectivity index (χ4n) is 4.20. The fourth-order valence-corrected chi connectivity index (χ4v) is 4.20. The predicted octanol–water partition coefficient (Wildman–Crippen LogP) is 4.13. The fraction of sp³-hybridized carbons (Fsp3) is 0.226. The molecule has 1 heterocycles. The van der Waals surface area contributed by atoms with Crippen LogP contribution in [0.5, 0.6) is 17.2 Å². The van der Waals surface area contributed by atoms with Crippen LogP contribution in [-0.4, -0.2) is 69.1 Å². The highest BCUT2D eigenvalue weighted by atomic mass is 16.5. The third kappa shape index (κ3) is 6.16. The monoisotopic (exact) mass is 510 g/mol. The van der Waals surface area contributed by atoms with E-state index in [0.717, 1.165) is 11.1 Å². The molecule has 0 unspecified atom stereocenters. The predicted molar refractivity (Wildman–Crippen MR) is 146 cm³/mol. The number of nitrogens with zero attached hydrogens (tertiary/aromatic N) is 2. The van der Waals surface area contributed by atoms with E-state index < -0.39 is 0 Å². The molecule has 3 aromatic rings. The highest BCUT2D eigenvalue weighted by Crippen LogP contribution is 2.38. The molecule has 194 valence electrons. The molecule has 4 rings (SSSR count). The van der Waals surface area contributed by atoms with E-state index in [1.54, 1.807) is 28.0 Å². The highest BCUT2D eigenvalue weighted by molar-refractivity contribution is 5.99. The van der Waals surface area contributed by atoms with Gasteiger partial charge in [0.2, 0.25) is 11.7 Å². The van der Waals surface area contributed by atoms with Gasteiger partial charge in [-0.15, -0.1) is 0 Å². The minimum atomic E-state index is -0.161. The summed E-state index contributed by atoms with van der Waals surface area (Å²) < 4.78 is 16.1. The number of hydrogen-bond acceptors (Lipinski definition) is 5. The Balaban J connectivity index is 1.48. The van der Waals surface area contributed by atoms with Gasteiger partial charge in [0.25, 0.3) is 5.91 Å². The Hall–Kier alpha value is -4.70. The summed E-state index contributed by atoms with van der Waals surface area (Å²) in [5.41, 5.74) is 2.83. The maximum Gasteiger partial charge on any atom is 0.254 e. The summed E-state index contributed by atoms with van der Waals surface area (Å²) in [4.78, 5) is 29.9. The maximum atomic E-state index is 13.2. The number of rotatable bonds is 6. The number of carbonyl (C=O) groups excluding carboxylic acids is 2. The maximum absolute atomic E-state index is 13.2. The van der Waals surface area contributed by atoms with Crippen LogP contribution < -0.4 is 14.2 Å². The summed E-state index contributed by atoms with van der Waals surface area (Å²) in [5.74, 6) is 7.28. The number of benzene rings is 3. The van der Waals surface area contributed by atoms with E-state index in [9.17, 15) is 9.59 Å². The van der Waals surface area contributed by atoms with Crippen LogP contribution in [0.1, 0.15) is 21.5 Å². The third-order valence-corrected chi connectivity index (χ3v) is 6.26. The van der Waals surface area contributed by atoms with Crippen molar-refractivity contribution in [3.8, 4) is 29.1 Å². The minimum absolute atomic E-state index is 0.133. The summed E-state index contributed by atoms with van der Waals surface area (Å²) in [6, 6.07) is 22.6. The first-order valence-corrected chi connectivity index (χ1v) is 12.3. The first kappa shape index (κ1) is 26.4. The molecule has 1 aliphatic rings. The van der Waals surface area contributed by atoms with Crippen molar-refractivity contribution in [2.45, 2.75) is 0 Å². The molecule has 0 bridgehead atoms. The van der Waals surface area contributed by atoms with Crippen molar-refractivity contribution < 1.29 is 23.8 Å². The molecule has 1 aliphatic heterocycles. The number of hydrogen-bond donors (Lipinski definition) is 0. The Labute approximate surface area is 223 Å². The van der Waals surface area contributed by atoms with E-state index in [1.165, 1.54) is 21.3 Å². The molecule has 7 heteroatoms. The van der Waals surface area contributed by atoms with Crippen LogP contribution in [0.3, 0.4) is 0 Å². The molecule has 2 amide bonds. The SMILES string of the molecule is COc1cc(C(=O)N2CCN(C(=O)C=C(C#Cc3ccccc3)c3ccccc3)CC2)cc(OC)c1OC. The van der Waals surface area contributed by atoms with Gasteiger partial charge in [0.15, 0.2) is 11.5 Å². The number of methoxy groups -OCH3 is 3. The van der Waals surface area contributed by atoms with Crippen molar-refractivity contribution in [2.24, 2.45) is 0 Å². The van der Waals surface area contributed by atoms with Crippen molar-refractivity contribution in [1.29, 1.82) is 0 Å². The molecule has 1 saturated heterocycles. The smallest absolute Gasteiger partial charge is 0.254 e. The zero-order chi connectivity index (χ0) is 26.9. The molecule has 0 atom stereocenters. The number of ether oxygens (including phenoxy) is 3. The second-order valence-electron chi connectivity index (χ2n) is 8.57. The minimum Gasteiger partial charge on any atom is -0.493 e. The lowest BCUT2D eigenvalue weighted by Crippen LogP contribution is -2.50. The second-order valence-corrected chi connectivity index (χ2v) is 8.57. The lowest BCUT2D eigenvalue weighted by molar-refractivity contribution is -0.127. The van der Waals surface area contributed by atoms with Crippen LogP contribution >= 0.6 is 0 Å². The molecule has 0 N–H and O–H groups in total.